The number of oxazole rings is 1. The Hall–Kier alpha value is -1.36. The molecule has 2 bridgehead atoms. The summed E-state index contributed by atoms with van der Waals surface area (Å²) in [5, 5.41) is 9.11. The van der Waals surface area contributed by atoms with E-state index in [9.17, 15) is 4.79 Å². The van der Waals surface area contributed by atoms with Crippen LogP contribution in [0.1, 0.15) is 69.7 Å². The first-order chi connectivity index (χ1) is 10.3. The molecule has 5 heteroatoms. The van der Waals surface area contributed by atoms with E-state index in [1.54, 1.807) is 13.8 Å². The van der Waals surface area contributed by atoms with E-state index < -0.39 is 11.6 Å². The van der Waals surface area contributed by atoms with E-state index in [1.807, 2.05) is 6.92 Å². The number of rotatable bonds is 5. The lowest BCUT2D eigenvalue weighted by molar-refractivity contribution is -0.163. The van der Waals surface area contributed by atoms with Gasteiger partial charge in [-0.25, -0.2) is 9.78 Å². The van der Waals surface area contributed by atoms with Crippen molar-refractivity contribution < 1.29 is 19.1 Å². The zero-order valence-electron chi connectivity index (χ0n) is 13.6. The summed E-state index contributed by atoms with van der Waals surface area (Å²) in [6.07, 6.45) is 7.33. The van der Waals surface area contributed by atoms with Crippen LogP contribution < -0.4 is 0 Å². The van der Waals surface area contributed by atoms with Crippen LogP contribution in [0, 0.1) is 12.8 Å². The fourth-order valence-corrected chi connectivity index (χ4v) is 3.67. The first-order valence-corrected chi connectivity index (χ1v) is 8.16. The third kappa shape index (κ3) is 2.67. The molecule has 3 saturated carbocycles. The van der Waals surface area contributed by atoms with Crippen LogP contribution in [0.15, 0.2) is 4.42 Å². The molecule has 0 amide bonds. The van der Waals surface area contributed by atoms with E-state index in [4.69, 9.17) is 14.3 Å². The molecule has 0 aromatic carbocycles. The van der Waals surface area contributed by atoms with E-state index in [0.29, 0.717) is 5.76 Å². The average Bonchev–Trinajstić information content (AvgIpc) is 2.89. The second-order valence-electron chi connectivity index (χ2n) is 7.39. The minimum Gasteiger partial charge on any atom is -0.479 e. The number of aliphatic carboxylic acids is 1. The van der Waals surface area contributed by atoms with Crippen LogP contribution in [0.4, 0.5) is 0 Å². The van der Waals surface area contributed by atoms with Crippen LogP contribution >= 0.6 is 0 Å². The largest absolute Gasteiger partial charge is 0.479 e. The number of ether oxygens (including phenoxy) is 1. The van der Waals surface area contributed by atoms with Crippen molar-refractivity contribution in [3.05, 3.63) is 17.3 Å². The fraction of sp³-hybridized carbons (Fsp3) is 0.765. The third-order valence-electron chi connectivity index (χ3n) is 5.52. The van der Waals surface area contributed by atoms with Crippen molar-refractivity contribution in [2.75, 3.05) is 0 Å². The van der Waals surface area contributed by atoms with E-state index in [0.717, 1.165) is 17.5 Å². The summed E-state index contributed by atoms with van der Waals surface area (Å²) in [5.41, 5.74) is -0.293. The van der Waals surface area contributed by atoms with Gasteiger partial charge in [0, 0.05) is 5.41 Å². The van der Waals surface area contributed by atoms with Gasteiger partial charge in [0.2, 0.25) is 5.89 Å². The Morgan fingerprint density at radius 1 is 1.36 bits per heavy atom. The number of hydrogen-bond donors (Lipinski definition) is 1. The topological polar surface area (TPSA) is 72.6 Å². The third-order valence-corrected chi connectivity index (χ3v) is 5.52. The summed E-state index contributed by atoms with van der Waals surface area (Å²) in [7, 11) is 0. The molecule has 0 saturated heterocycles. The molecule has 0 radical (unpaired) electrons. The van der Waals surface area contributed by atoms with Crippen LogP contribution in [0.25, 0.3) is 0 Å². The quantitative estimate of drug-likeness (QED) is 0.900. The molecule has 3 aliphatic carbocycles. The monoisotopic (exact) mass is 307 g/mol. The van der Waals surface area contributed by atoms with Gasteiger partial charge >= 0.3 is 5.97 Å². The summed E-state index contributed by atoms with van der Waals surface area (Å²) in [6.45, 7) is 5.15. The van der Waals surface area contributed by atoms with Crippen molar-refractivity contribution in [2.45, 2.75) is 76.9 Å². The van der Waals surface area contributed by atoms with Gasteiger partial charge in [0.05, 0.1) is 5.69 Å². The Bertz CT molecular complexity index is 553. The molecule has 1 aromatic rings. The number of aryl methyl sites for hydroxylation is 1. The Kier molecular flexibility index (Phi) is 3.79. The molecule has 0 atom stereocenters. The lowest BCUT2D eigenvalue weighted by Gasteiger charge is -2.44. The highest BCUT2D eigenvalue weighted by Gasteiger charge is 2.45. The van der Waals surface area contributed by atoms with E-state index in [-0.39, 0.29) is 12.0 Å². The normalized spacial score (nSPS) is 28.0. The van der Waals surface area contributed by atoms with E-state index in [1.165, 1.54) is 38.5 Å². The van der Waals surface area contributed by atoms with Crippen LogP contribution in [0.2, 0.25) is 0 Å². The predicted octanol–water partition coefficient (Wildman–Crippen LogP) is 3.58. The second kappa shape index (κ2) is 5.37. The van der Waals surface area contributed by atoms with Crippen molar-refractivity contribution in [1.29, 1.82) is 0 Å². The Labute approximate surface area is 131 Å². The lowest BCUT2D eigenvalue weighted by atomic mass is 9.60. The van der Waals surface area contributed by atoms with Gasteiger partial charge in [-0.2, -0.15) is 0 Å². The minimum absolute atomic E-state index is 0.111. The summed E-state index contributed by atoms with van der Waals surface area (Å²) in [5.74, 6) is 1.42. The average molecular weight is 307 g/mol. The Balaban J connectivity index is 1.75. The standard InChI is InChI=1S/C17H25NO4/c1-11-13(10-21-16(2,3)15(19)20)22-14(18-11)17-7-4-12(5-8-17)6-9-17/h12H,4-10H2,1-3H3,(H,19,20). The molecular formula is C17H25NO4. The summed E-state index contributed by atoms with van der Waals surface area (Å²) < 4.78 is 11.5. The number of nitrogens with zero attached hydrogens (tertiary/aromatic N) is 1. The molecule has 122 valence electrons. The van der Waals surface area contributed by atoms with E-state index in [2.05, 4.69) is 4.98 Å². The van der Waals surface area contributed by atoms with Crippen LogP contribution in [-0.4, -0.2) is 21.7 Å². The second-order valence-corrected chi connectivity index (χ2v) is 7.39. The van der Waals surface area contributed by atoms with Crippen molar-refractivity contribution in [3.63, 3.8) is 0 Å². The summed E-state index contributed by atoms with van der Waals surface area (Å²) in [4.78, 5) is 15.8. The van der Waals surface area contributed by atoms with E-state index >= 15 is 0 Å². The highest BCUT2D eigenvalue weighted by molar-refractivity contribution is 5.76. The molecule has 5 nitrogen and oxygen atoms in total. The number of carboxylic acids is 1. The lowest BCUT2D eigenvalue weighted by Crippen LogP contribution is -2.37. The molecule has 0 aliphatic heterocycles. The maximum atomic E-state index is 11.1. The molecule has 0 unspecified atom stereocenters. The fourth-order valence-electron chi connectivity index (χ4n) is 3.67. The molecule has 3 fully saturated rings. The van der Waals surface area contributed by atoms with Gasteiger partial charge in [-0.3, -0.25) is 0 Å². The number of carbonyl (C=O) groups is 1. The molecule has 4 rings (SSSR count). The number of hydrogen-bond acceptors (Lipinski definition) is 4. The molecule has 1 heterocycles. The zero-order valence-corrected chi connectivity index (χ0v) is 13.6. The smallest absolute Gasteiger partial charge is 0.335 e. The maximum Gasteiger partial charge on any atom is 0.335 e. The van der Waals surface area contributed by atoms with Gasteiger partial charge < -0.3 is 14.3 Å². The van der Waals surface area contributed by atoms with Crippen molar-refractivity contribution >= 4 is 5.97 Å². The molecular weight excluding hydrogens is 282 g/mol. The van der Waals surface area contributed by atoms with Crippen LogP contribution in [0.3, 0.4) is 0 Å². The molecule has 1 aromatic heterocycles. The highest BCUT2D eigenvalue weighted by Crippen LogP contribution is 2.51. The summed E-state index contributed by atoms with van der Waals surface area (Å²) >= 11 is 0. The van der Waals surface area contributed by atoms with Gasteiger partial charge in [-0.1, -0.05) is 0 Å². The van der Waals surface area contributed by atoms with Crippen LogP contribution in [0.5, 0.6) is 0 Å². The predicted molar refractivity (Wildman–Crippen MR) is 80.6 cm³/mol. The van der Waals surface area contributed by atoms with Gasteiger partial charge in [0.15, 0.2) is 11.4 Å². The number of carboxylic acid groups (broad SMARTS) is 1. The summed E-state index contributed by atoms with van der Waals surface area (Å²) in [6, 6.07) is 0. The van der Waals surface area contributed by atoms with Gasteiger partial charge in [-0.05, 0) is 65.2 Å². The van der Waals surface area contributed by atoms with Crippen molar-refractivity contribution in [1.82, 2.24) is 4.98 Å². The first-order valence-electron chi connectivity index (χ1n) is 8.16. The minimum atomic E-state index is -1.22. The van der Waals surface area contributed by atoms with Crippen molar-refractivity contribution in [2.24, 2.45) is 5.92 Å². The first kappa shape index (κ1) is 15.5. The molecule has 0 spiro atoms. The van der Waals surface area contributed by atoms with Gasteiger partial charge in [0.25, 0.3) is 0 Å². The van der Waals surface area contributed by atoms with Crippen molar-refractivity contribution in [3.8, 4) is 0 Å². The molecule has 1 N–H and O–H groups in total. The van der Waals surface area contributed by atoms with Gasteiger partial charge in [-0.15, -0.1) is 0 Å². The number of fused-ring (bicyclic) bond motifs is 3. The Morgan fingerprint density at radius 2 is 1.95 bits per heavy atom. The Morgan fingerprint density at radius 3 is 2.50 bits per heavy atom. The molecule has 3 aliphatic rings. The number of aromatic nitrogens is 1. The maximum absolute atomic E-state index is 11.1. The van der Waals surface area contributed by atoms with Gasteiger partial charge in [0.1, 0.15) is 6.61 Å². The van der Waals surface area contributed by atoms with Crippen LogP contribution in [-0.2, 0) is 21.6 Å². The SMILES string of the molecule is Cc1nc(C23CCC(CC2)CC3)oc1COC(C)(C)C(=O)O. The zero-order chi connectivity index (χ0) is 16.0. The highest BCUT2D eigenvalue weighted by atomic mass is 16.5. The molecule has 22 heavy (non-hydrogen) atoms.